The van der Waals surface area contributed by atoms with Gasteiger partial charge in [0.1, 0.15) is 5.82 Å². The van der Waals surface area contributed by atoms with Gasteiger partial charge in [0.25, 0.3) is 0 Å². The molecule has 6 heteroatoms. The van der Waals surface area contributed by atoms with Gasteiger partial charge in [0.05, 0.1) is 11.4 Å². The van der Waals surface area contributed by atoms with Crippen LogP contribution in [0.25, 0.3) is 16.9 Å². The minimum atomic E-state index is 0.484. The average Bonchev–Trinajstić information content (AvgIpc) is 2.99. The van der Waals surface area contributed by atoms with Gasteiger partial charge in [-0.3, -0.25) is 5.10 Å². The van der Waals surface area contributed by atoms with Crippen molar-refractivity contribution in [3.63, 3.8) is 0 Å². The number of H-pyrrole nitrogens is 1. The first-order chi connectivity index (χ1) is 8.74. The molecule has 0 atom stereocenters. The summed E-state index contributed by atoms with van der Waals surface area (Å²) in [6, 6.07) is 9.67. The van der Waals surface area contributed by atoms with Crippen LogP contribution in [-0.4, -0.2) is 20.0 Å². The Morgan fingerprint density at radius 3 is 2.78 bits per heavy atom. The minimum Gasteiger partial charge on any atom is -0.382 e. The van der Waals surface area contributed by atoms with Gasteiger partial charge in [-0.15, -0.1) is 0 Å². The molecule has 2 heterocycles. The molecule has 0 bridgehead atoms. The fourth-order valence-electron chi connectivity index (χ4n) is 1.76. The van der Waals surface area contributed by atoms with Crippen molar-refractivity contribution in [3.05, 3.63) is 47.2 Å². The molecule has 2 aromatic heterocycles. The molecule has 0 aliphatic rings. The van der Waals surface area contributed by atoms with Crippen molar-refractivity contribution in [3.8, 4) is 16.9 Å². The van der Waals surface area contributed by atoms with E-state index in [1.54, 1.807) is 16.9 Å². The summed E-state index contributed by atoms with van der Waals surface area (Å²) in [7, 11) is 0. The molecule has 0 saturated carbocycles. The number of hydrogen-bond acceptors (Lipinski definition) is 3. The van der Waals surface area contributed by atoms with Gasteiger partial charge in [0.15, 0.2) is 0 Å². The van der Waals surface area contributed by atoms with Gasteiger partial charge in [-0.25, -0.2) is 4.68 Å². The monoisotopic (exact) mass is 303 g/mol. The molecule has 0 unspecified atom stereocenters. The number of nitrogen functional groups attached to an aromatic ring is 1. The van der Waals surface area contributed by atoms with Crippen LogP contribution < -0.4 is 5.73 Å². The van der Waals surface area contributed by atoms with Crippen LogP contribution in [0.3, 0.4) is 0 Å². The van der Waals surface area contributed by atoms with Crippen molar-refractivity contribution in [2.24, 2.45) is 0 Å². The van der Waals surface area contributed by atoms with Gasteiger partial charge in [0, 0.05) is 28.5 Å². The molecule has 0 aliphatic heterocycles. The lowest BCUT2D eigenvalue weighted by Crippen LogP contribution is -1.95. The highest BCUT2D eigenvalue weighted by molar-refractivity contribution is 9.10. The van der Waals surface area contributed by atoms with E-state index < -0.39 is 0 Å². The van der Waals surface area contributed by atoms with Crippen molar-refractivity contribution < 1.29 is 0 Å². The zero-order chi connectivity index (χ0) is 12.5. The lowest BCUT2D eigenvalue weighted by Gasteiger charge is -2.06. The maximum Gasteiger partial charge on any atom is 0.145 e. The Morgan fingerprint density at radius 1 is 1.28 bits per heavy atom. The molecule has 0 saturated heterocycles. The second-order valence-electron chi connectivity index (χ2n) is 3.82. The summed E-state index contributed by atoms with van der Waals surface area (Å²) in [4.78, 5) is 0. The number of rotatable bonds is 2. The van der Waals surface area contributed by atoms with Crippen LogP contribution in [0.4, 0.5) is 5.82 Å². The zero-order valence-electron chi connectivity index (χ0n) is 9.34. The molecule has 0 amide bonds. The normalized spacial score (nSPS) is 10.7. The first-order valence-corrected chi connectivity index (χ1v) is 6.14. The van der Waals surface area contributed by atoms with Gasteiger partial charge >= 0.3 is 0 Å². The third kappa shape index (κ3) is 1.91. The van der Waals surface area contributed by atoms with Gasteiger partial charge in [-0.1, -0.05) is 6.07 Å². The third-order valence-corrected chi connectivity index (χ3v) is 3.24. The van der Waals surface area contributed by atoms with Crippen LogP contribution >= 0.6 is 15.9 Å². The maximum absolute atomic E-state index is 5.59. The fraction of sp³-hybridized carbons (Fsp3) is 0. The molecular weight excluding hydrogens is 294 g/mol. The van der Waals surface area contributed by atoms with Crippen molar-refractivity contribution >= 4 is 21.7 Å². The van der Waals surface area contributed by atoms with E-state index in [2.05, 4.69) is 31.2 Å². The van der Waals surface area contributed by atoms with E-state index in [1.807, 2.05) is 30.5 Å². The van der Waals surface area contributed by atoms with Crippen LogP contribution in [0.1, 0.15) is 0 Å². The number of nitrogens with zero attached hydrogens (tertiary/aromatic N) is 3. The quantitative estimate of drug-likeness (QED) is 0.764. The summed E-state index contributed by atoms with van der Waals surface area (Å²) in [6.07, 6.45) is 3.64. The first-order valence-electron chi connectivity index (χ1n) is 5.35. The van der Waals surface area contributed by atoms with Crippen LogP contribution in [0.15, 0.2) is 47.2 Å². The molecule has 18 heavy (non-hydrogen) atoms. The number of benzene rings is 1. The zero-order valence-corrected chi connectivity index (χ0v) is 10.9. The minimum absolute atomic E-state index is 0.484. The number of nitrogens with one attached hydrogen (secondary N) is 1. The van der Waals surface area contributed by atoms with Gasteiger partial charge in [0.2, 0.25) is 0 Å². The Morgan fingerprint density at radius 2 is 2.17 bits per heavy atom. The number of nitrogens with two attached hydrogens (primary N) is 1. The van der Waals surface area contributed by atoms with Crippen molar-refractivity contribution in [1.29, 1.82) is 0 Å². The lowest BCUT2D eigenvalue weighted by molar-refractivity contribution is 0.876. The van der Waals surface area contributed by atoms with E-state index in [9.17, 15) is 0 Å². The Kier molecular flexibility index (Phi) is 2.64. The molecule has 0 radical (unpaired) electrons. The predicted octanol–water partition coefficient (Wildman–Crippen LogP) is 2.61. The van der Waals surface area contributed by atoms with Crippen LogP contribution in [-0.2, 0) is 0 Å². The molecule has 90 valence electrons. The van der Waals surface area contributed by atoms with Gasteiger partial charge in [-0.2, -0.15) is 10.2 Å². The smallest absolute Gasteiger partial charge is 0.145 e. The Labute approximate surface area is 112 Å². The van der Waals surface area contributed by atoms with E-state index in [1.165, 1.54) is 0 Å². The molecule has 0 fully saturated rings. The molecular formula is C12H10BrN5. The van der Waals surface area contributed by atoms with E-state index in [-0.39, 0.29) is 0 Å². The molecule has 5 nitrogen and oxygen atoms in total. The molecule has 3 N–H and O–H groups in total. The van der Waals surface area contributed by atoms with E-state index >= 15 is 0 Å². The summed E-state index contributed by atoms with van der Waals surface area (Å²) in [5, 5.41) is 11.0. The molecule has 3 aromatic rings. The third-order valence-electron chi connectivity index (χ3n) is 2.61. The highest BCUT2D eigenvalue weighted by atomic mass is 79.9. The Bertz CT molecular complexity index is 672. The SMILES string of the molecule is Nc1cc(-c2ccc(-n3cccn3)c(Br)c2)[nH]n1. The number of hydrogen-bond donors (Lipinski definition) is 2. The summed E-state index contributed by atoms with van der Waals surface area (Å²) in [5.74, 6) is 0.484. The standard InChI is InChI=1S/C12H10BrN5/c13-9-6-8(10-7-12(14)17-16-10)2-3-11(9)18-5-1-4-15-18/h1-7H,(H3,14,16,17). The van der Waals surface area contributed by atoms with E-state index in [0.29, 0.717) is 5.82 Å². The van der Waals surface area contributed by atoms with E-state index in [4.69, 9.17) is 5.73 Å². The predicted molar refractivity (Wildman–Crippen MR) is 73.3 cm³/mol. The highest BCUT2D eigenvalue weighted by Gasteiger charge is 2.07. The second kappa shape index (κ2) is 4.30. The van der Waals surface area contributed by atoms with Crippen molar-refractivity contribution in [2.45, 2.75) is 0 Å². The maximum atomic E-state index is 5.59. The van der Waals surface area contributed by atoms with Crippen LogP contribution in [0, 0.1) is 0 Å². The molecule has 0 aliphatic carbocycles. The highest BCUT2D eigenvalue weighted by Crippen LogP contribution is 2.27. The van der Waals surface area contributed by atoms with Crippen molar-refractivity contribution in [1.82, 2.24) is 20.0 Å². The number of anilines is 1. The van der Waals surface area contributed by atoms with Crippen LogP contribution in [0.5, 0.6) is 0 Å². The second-order valence-corrected chi connectivity index (χ2v) is 4.68. The summed E-state index contributed by atoms with van der Waals surface area (Å²) in [5.41, 5.74) is 8.48. The number of halogens is 1. The Hall–Kier alpha value is -2.08. The van der Waals surface area contributed by atoms with Crippen molar-refractivity contribution in [2.75, 3.05) is 5.73 Å². The average molecular weight is 304 g/mol. The Balaban J connectivity index is 2.04. The summed E-state index contributed by atoms with van der Waals surface area (Å²) >= 11 is 3.55. The number of aromatic amines is 1. The van der Waals surface area contributed by atoms with E-state index in [0.717, 1.165) is 21.4 Å². The molecule has 3 rings (SSSR count). The van der Waals surface area contributed by atoms with Gasteiger partial charge in [-0.05, 0) is 34.1 Å². The topological polar surface area (TPSA) is 72.5 Å². The van der Waals surface area contributed by atoms with Crippen LogP contribution in [0.2, 0.25) is 0 Å². The summed E-state index contributed by atoms with van der Waals surface area (Å²) in [6.45, 7) is 0. The summed E-state index contributed by atoms with van der Waals surface area (Å²) < 4.78 is 2.76. The van der Waals surface area contributed by atoms with Gasteiger partial charge < -0.3 is 5.73 Å². The lowest BCUT2D eigenvalue weighted by atomic mass is 10.1. The molecule has 0 spiro atoms. The molecule has 1 aromatic carbocycles. The number of aromatic nitrogens is 4. The largest absolute Gasteiger partial charge is 0.382 e. The first kappa shape index (κ1) is 11.0. The fourth-order valence-corrected chi connectivity index (χ4v) is 2.32.